The molecule has 0 atom stereocenters. The summed E-state index contributed by atoms with van der Waals surface area (Å²) in [5.74, 6) is 1.14. The van der Waals surface area contributed by atoms with Crippen molar-refractivity contribution in [2.45, 2.75) is 20.4 Å². The fraction of sp³-hybridized carbons (Fsp3) is 0.176. The molecule has 0 saturated heterocycles. The molecule has 3 aromatic rings. The van der Waals surface area contributed by atoms with E-state index in [9.17, 15) is 0 Å². The molecule has 2 aromatic heterocycles. The van der Waals surface area contributed by atoms with Crippen LogP contribution in [0.1, 0.15) is 16.7 Å². The van der Waals surface area contributed by atoms with Gasteiger partial charge in [0, 0.05) is 24.6 Å². The van der Waals surface area contributed by atoms with Crippen LogP contribution in [-0.4, -0.2) is 20.2 Å². The predicted molar refractivity (Wildman–Crippen MR) is 90.6 cm³/mol. The van der Waals surface area contributed by atoms with Gasteiger partial charge in [-0.05, 0) is 48.7 Å². The highest BCUT2D eigenvalue weighted by molar-refractivity contribution is 5.60. The normalized spacial score (nSPS) is 10.3. The Labute approximate surface area is 135 Å². The van der Waals surface area contributed by atoms with Gasteiger partial charge >= 0.3 is 0 Å². The second kappa shape index (κ2) is 6.83. The Kier molecular flexibility index (Phi) is 4.42. The van der Waals surface area contributed by atoms with Gasteiger partial charge in [-0.15, -0.1) is 5.10 Å². The van der Waals surface area contributed by atoms with E-state index in [1.807, 2.05) is 24.3 Å². The lowest BCUT2D eigenvalue weighted by atomic mass is 10.1. The average molecular weight is 306 g/mol. The largest absolute Gasteiger partial charge is 0.365 e. The molecular weight excluding hydrogens is 288 g/mol. The molecule has 6 heteroatoms. The lowest BCUT2D eigenvalue weighted by molar-refractivity contribution is 0.964. The van der Waals surface area contributed by atoms with Gasteiger partial charge in [-0.2, -0.15) is 10.1 Å². The molecule has 0 fully saturated rings. The highest BCUT2D eigenvalue weighted by atomic mass is 15.3. The van der Waals surface area contributed by atoms with Gasteiger partial charge < -0.3 is 10.6 Å². The summed E-state index contributed by atoms with van der Waals surface area (Å²) in [7, 11) is 0. The number of nitrogens with one attached hydrogen (secondary N) is 2. The summed E-state index contributed by atoms with van der Waals surface area (Å²) in [6.07, 6.45) is 5.14. The minimum atomic E-state index is 0.471. The van der Waals surface area contributed by atoms with Crippen molar-refractivity contribution in [2.75, 3.05) is 10.6 Å². The summed E-state index contributed by atoms with van der Waals surface area (Å²) < 4.78 is 0. The van der Waals surface area contributed by atoms with Crippen LogP contribution in [0.5, 0.6) is 0 Å². The van der Waals surface area contributed by atoms with Crippen LogP contribution in [0.3, 0.4) is 0 Å². The van der Waals surface area contributed by atoms with Gasteiger partial charge in [0.1, 0.15) is 0 Å². The number of aromatic nitrogens is 4. The number of rotatable bonds is 5. The van der Waals surface area contributed by atoms with Gasteiger partial charge in [0.25, 0.3) is 0 Å². The van der Waals surface area contributed by atoms with Gasteiger partial charge in [-0.3, -0.25) is 4.98 Å². The number of benzene rings is 1. The van der Waals surface area contributed by atoms with Crippen LogP contribution >= 0.6 is 0 Å². The Hall–Kier alpha value is -3.02. The lowest BCUT2D eigenvalue weighted by Gasteiger charge is -2.11. The summed E-state index contributed by atoms with van der Waals surface area (Å²) in [6.45, 7) is 4.80. The van der Waals surface area contributed by atoms with Gasteiger partial charge in [0.2, 0.25) is 5.95 Å². The average Bonchev–Trinajstić information content (AvgIpc) is 2.59. The van der Waals surface area contributed by atoms with E-state index in [0.717, 1.165) is 11.3 Å². The van der Waals surface area contributed by atoms with Gasteiger partial charge in [-0.25, -0.2) is 0 Å². The molecule has 1 aromatic carbocycles. The number of hydrogen-bond acceptors (Lipinski definition) is 6. The van der Waals surface area contributed by atoms with Crippen molar-refractivity contribution in [1.29, 1.82) is 0 Å². The Morgan fingerprint density at radius 2 is 1.87 bits per heavy atom. The van der Waals surface area contributed by atoms with Crippen LogP contribution in [0.4, 0.5) is 17.5 Å². The van der Waals surface area contributed by atoms with E-state index < -0.39 is 0 Å². The zero-order valence-corrected chi connectivity index (χ0v) is 13.1. The maximum absolute atomic E-state index is 4.44. The number of hydrogen-bond donors (Lipinski definition) is 2. The molecule has 0 aliphatic carbocycles. The third-order valence-electron chi connectivity index (χ3n) is 3.63. The SMILES string of the molecule is Cc1cccc(Nc2nncc(NCc3ccncc3)n2)c1C. The minimum absolute atomic E-state index is 0.471. The highest BCUT2D eigenvalue weighted by Gasteiger charge is 2.05. The summed E-state index contributed by atoms with van der Waals surface area (Å²) in [5.41, 5.74) is 4.50. The van der Waals surface area contributed by atoms with Crippen LogP contribution < -0.4 is 10.6 Å². The first-order valence-corrected chi connectivity index (χ1v) is 7.38. The Balaban J connectivity index is 1.71. The summed E-state index contributed by atoms with van der Waals surface area (Å²) in [4.78, 5) is 8.44. The first kappa shape index (κ1) is 14.9. The fourth-order valence-electron chi connectivity index (χ4n) is 2.14. The van der Waals surface area contributed by atoms with Crippen molar-refractivity contribution < 1.29 is 0 Å². The molecule has 0 aliphatic rings. The maximum Gasteiger partial charge on any atom is 0.249 e. The Bertz CT molecular complexity index is 788. The Morgan fingerprint density at radius 1 is 1.04 bits per heavy atom. The third kappa shape index (κ3) is 3.79. The molecule has 23 heavy (non-hydrogen) atoms. The molecule has 0 amide bonds. The van der Waals surface area contributed by atoms with Crippen LogP contribution in [0.15, 0.2) is 48.9 Å². The van der Waals surface area contributed by atoms with Crippen LogP contribution in [0.25, 0.3) is 0 Å². The molecule has 0 bridgehead atoms. The van der Waals surface area contributed by atoms with E-state index in [-0.39, 0.29) is 0 Å². The molecule has 0 saturated carbocycles. The first-order chi connectivity index (χ1) is 11.2. The van der Waals surface area contributed by atoms with Gasteiger partial charge in [0.15, 0.2) is 5.82 Å². The van der Waals surface area contributed by atoms with Crippen LogP contribution in [0.2, 0.25) is 0 Å². The number of pyridine rings is 1. The summed E-state index contributed by atoms with van der Waals surface area (Å²) in [6, 6.07) is 9.99. The topological polar surface area (TPSA) is 75.6 Å². The Morgan fingerprint density at radius 3 is 2.70 bits per heavy atom. The van der Waals surface area contributed by atoms with Crippen LogP contribution in [0, 0.1) is 13.8 Å². The molecule has 6 nitrogen and oxygen atoms in total. The summed E-state index contributed by atoms with van der Waals surface area (Å²) in [5, 5.41) is 14.5. The highest BCUT2D eigenvalue weighted by Crippen LogP contribution is 2.21. The van der Waals surface area contributed by atoms with E-state index >= 15 is 0 Å². The molecule has 2 N–H and O–H groups in total. The zero-order chi connectivity index (χ0) is 16.1. The molecule has 2 heterocycles. The second-order valence-corrected chi connectivity index (χ2v) is 5.25. The lowest BCUT2D eigenvalue weighted by Crippen LogP contribution is -2.06. The number of aryl methyl sites for hydroxylation is 1. The number of nitrogens with zero attached hydrogens (tertiary/aromatic N) is 4. The van der Waals surface area contributed by atoms with E-state index in [1.165, 1.54) is 11.1 Å². The van der Waals surface area contributed by atoms with Crippen molar-refractivity contribution in [3.63, 3.8) is 0 Å². The van der Waals surface area contributed by atoms with Crippen molar-refractivity contribution in [3.05, 3.63) is 65.6 Å². The van der Waals surface area contributed by atoms with Gasteiger partial charge in [-0.1, -0.05) is 12.1 Å². The van der Waals surface area contributed by atoms with E-state index in [0.29, 0.717) is 18.3 Å². The first-order valence-electron chi connectivity index (χ1n) is 7.38. The van der Waals surface area contributed by atoms with Crippen molar-refractivity contribution >= 4 is 17.5 Å². The second-order valence-electron chi connectivity index (χ2n) is 5.25. The maximum atomic E-state index is 4.44. The molecule has 0 unspecified atom stereocenters. The van der Waals surface area contributed by atoms with Crippen molar-refractivity contribution in [3.8, 4) is 0 Å². The van der Waals surface area contributed by atoms with Crippen molar-refractivity contribution in [2.24, 2.45) is 0 Å². The molecule has 116 valence electrons. The fourth-order valence-corrected chi connectivity index (χ4v) is 2.14. The van der Waals surface area contributed by atoms with E-state index in [2.05, 4.69) is 50.7 Å². The van der Waals surface area contributed by atoms with Crippen LogP contribution in [-0.2, 0) is 6.54 Å². The van der Waals surface area contributed by atoms with Crippen molar-refractivity contribution in [1.82, 2.24) is 20.2 Å². The smallest absolute Gasteiger partial charge is 0.249 e. The predicted octanol–water partition coefficient (Wildman–Crippen LogP) is 3.24. The standard InChI is InChI=1S/C17H18N6/c1-12-4-3-5-15(13(12)2)21-17-22-16(11-20-23-17)19-10-14-6-8-18-9-7-14/h3-9,11H,10H2,1-2H3,(H2,19,21,22,23). The monoisotopic (exact) mass is 306 g/mol. The molecule has 0 radical (unpaired) electrons. The van der Waals surface area contributed by atoms with E-state index in [1.54, 1.807) is 18.6 Å². The quantitative estimate of drug-likeness (QED) is 0.753. The third-order valence-corrected chi connectivity index (χ3v) is 3.63. The summed E-state index contributed by atoms with van der Waals surface area (Å²) >= 11 is 0. The van der Waals surface area contributed by atoms with E-state index in [4.69, 9.17) is 0 Å². The number of anilines is 3. The molecular formula is C17H18N6. The zero-order valence-electron chi connectivity index (χ0n) is 13.1. The minimum Gasteiger partial charge on any atom is -0.365 e. The molecule has 3 rings (SSSR count). The molecule has 0 spiro atoms. The molecule has 0 aliphatic heterocycles. The van der Waals surface area contributed by atoms with Gasteiger partial charge in [0.05, 0.1) is 6.20 Å².